The van der Waals surface area contributed by atoms with Crippen LogP contribution in [0.15, 0.2) is 42.5 Å². The first-order chi connectivity index (χ1) is 8.78. The number of halogens is 1. The third kappa shape index (κ3) is 2.01. The number of nitrogens with two attached hydrogens (primary N) is 1. The molecule has 3 aromatic rings. The molecule has 0 saturated carbocycles. The second kappa shape index (κ2) is 4.69. The van der Waals surface area contributed by atoms with Crippen molar-refractivity contribution in [3.63, 3.8) is 0 Å². The van der Waals surface area contributed by atoms with Crippen molar-refractivity contribution in [2.75, 3.05) is 0 Å². The van der Waals surface area contributed by atoms with Gasteiger partial charge in [0.1, 0.15) is 5.01 Å². The lowest BCUT2D eigenvalue weighted by atomic mass is 10.2. The Labute approximate surface area is 114 Å². The van der Waals surface area contributed by atoms with Crippen molar-refractivity contribution in [1.82, 2.24) is 4.98 Å². The molecule has 90 valence electrons. The molecule has 1 heterocycles. The smallest absolute Gasteiger partial charge is 0.126 e. The van der Waals surface area contributed by atoms with Gasteiger partial charge in [-0.15, -0.1) is 11.3 Å². The summed E-state index contributed by atoms with van der Waals surface area (Å²) in [6, 6.07) is 13.9. The van der Waals surface area contributed by atoms with E-state index in [4.69, 9.17) is 17.3 Å². The summed E-state index contributed by atoms with van der Waals surface area (Å²) in [6.07, 6.45) is 0. The quantitative estimate of drug-likeness (QED) is 0.765. The van der Waals surface area contributed by atoms with E-state index in [-0.39, 0.29) is 0 Å². The summed E-state index contributed by atoms with van der Waals surface area (Å²) in [5, 5.41) is 1.68. The number of nitrogens with zero attached hydrogens (tertiary/aromatic N) is 1. The maximum Gasteiger partial charge on any atom is 0.126 e. The zero-order valence-electron chi connectivity index (χ0n) is 9.56. The second-order valence-electron chi connectivity index (χ2n) is 4.01. The van der Waals surface area contributed by atoms with Gasteiger partial charge >= 0.3 is 0 Å². The van der Waals surface area contributed by atoms with Crippen molar-refractivity contribution < 1.29 is 0 Å². The van der Waals surface area contributed by atoms with E-state index in [2.05, 4.69) is 11.1 Å². The predicted molar refractivity (Wildman–Crippen MR) is 78.0 cm³/mol. The zero-order valence-corrected chi connectivity index (χ0v) is 11.1. The van der Waals surface area contributed by atoms with Crippen molar-refractivity contribution in [3.8, 4) is 10.6 Å². The first-order valence-electron chi connectivity index (χ1n) is 5.62. The number of aromatic nitrogens is 1. The average Bonchev–Trinajstić information content (AvgIpc) is 2.81. The molecule has 3 rings (SSSR count). The maximum absolute atomic E-state index is 6.19. The highest BCUT2D eigenvalue weighted by atomic mass is 35.5. The second-order valence-corrected chi connectivity index (χ2v) is 5.44. The van der Waals surface area contributed by atoms with Crippen molar-refractivity contribution >= 4 is 33.2 Å². The normalized spacial score (nSPS) is 11.0. The van der Waals surface area contributed by atoms with Crippen LogP contribution in [0.3, 0.4) is 0 Å². The van der Waals surface area contributed by atoms with E-state index >= 15 is 0 Å². The van der Waals surface area contributed by atoms with Gasteiger partial charge in [-0.3, -0.25) is 0 Å². The van der Waals surface area contributed by atoms with Crippen molar-refractivity contribution in [3.05, 3.63) is 53.1 Å². The van der Waals surface area contributed by atoms with Crippen molar-refractivity contribution in [1.29, 1.82) is 0 Å². The van der Waals surface area contributed by atoms with Crippen LogP contribution in [0.2, 0.25) is 5.02 Å². The number of rotatable bonds is 2. The summed E-state index contributed by atoms with van der Waals surface area (Å²) in [4.78, 5) is 4.63. The van der Waals surface area contributed by atoms with Gasteiger partial charge in [0.05, 0.1) is 15.2 Å². The van der Waals surface area contributed by atoms with Crippen LogP contribution in [0.1, 0.15) is 5.56 Å². The minimum Gasteiger partial charge on any atom is -0.326 e. The van der Waals surface area contributed by atoms with Gasteiger partial charge in [0.15, 0.2) is 0 Å². The van der Waals surface area contributed by atoms with Gasteiger partial charge in [-0.2, -0.15) is 0 Å². The Morgan fingerprint density at radius 3 is 2.78 bits per heavy atom. The van der Waals surface area contributed by atoms with E-state index < -0.39 is 0 Å². The molecule has 2 aromatic carbocycles. The molecule has 0 saturated heterocycles. The number of hydrogen-bond donors (Lipinski definition) is 1. The van der Waals surface area contributed by atoms with Gasteiger partial charge in [-0.25, -0.2) is 4.98 Å². The molecule has 0 aliphatic carbocycles. The van der Waals surface area contributed by atoms with Gasteiger partial charge < -0.3 is 5.73 Å². The molecule has 0 fully saturated rings. The van der Waals surface area contributed by atoms with Crippen LogP contribution in [0.4, 0.5) is 0 Å². The molecule has 1 aromatic heterocycles. The van der Waals surface area contributed by atoms with Gasteiger partial charge in [0.2, 0.25) is 0 Å². The largest absolute Gasteiger partial charge is 0.326 e. The highest BCUT2D eigenvalue weighted by molar-refractivity contribution is 7.21. The Morgan fingerprint density at radius 1 is 1.17 bits per heavy atom. The minimum atomic E-state index is 0.537. The van der Waals surface area contributed by atoms with Crippen LogP contribution >= 0.6 is 22.9 Å². The average molecular weight is 275 g/mol. The molecule has 0 unspecified atom stereocenters. The first kappa shape index (κ1) is 11.7. The molecule has 0 spiro atoms. The van der Waals surface area contributed by atoms with E-state index in [9.17, 15) is 0 Å². The highest BCUT2D eigenvalue weighted by Gasteiger charge is 2.09. The summed E-state index contributed by atoms with van der Waals surface area (Å²) >= 11 is 7.84. The van der Waals surface area contributed by atoms with Crippen LogP contribution < -0.4 is 5.73 Å². The number of fused-ring (bicyclic) bond motifs is 1. The molecular formula is C14H11ClN2S. The standard InChI is InChI=1S/C14H11ClN2S/c15-11-4-2-1-3-10(11)14-17-12-7-9(8-16)5-6-13(12)18-14/h1-7H,8,16H2. The van der Waals surface area contributed by atoms with Gasteiger partial charge in [0.25, 0.3) is 0 Å². The Bertz CT molecular complexity index is 706. The molecule has 0 aliphatic heterocycles. The van der Waals surface area contributed by atoms with E-state index in [1.807, 2.05) is 36.4 Å². The topological polar surface area (TPSA) is 38.9 Å². The molecule has 0 bridgehead atoms. The van der Waals surface area contributed by atoms with E-state index in [1.165, 1.54) is 0 Å². The fraction of sp³-hybridized carbons (Fsp3) is 0.0714. The lowest BCUT2D eigenvalue weighted by molar-refractivity contribution is 1.07. The maximum atomic E-state index is 6.19. The molecule has 4 heteroatoms. The van der Waals surface area contributed by atoms with Crippen LogP contribution in [-0.4, -0.2) is 4.98 Å². The van der Waals surface area contributed by atoms with Gasteiger partial charge in [0, 0.05) is 12.1 Å². The van der Waals surface area contributed by atoms with Crippen LogP contribution in [0.25, 0.3) is 20.8 Å². The fourth-order valence-corrected chi connectivity index (χ4v) is 3.12. The van der Waals surface area contributed by atoms with Crippen LogP contribution in [-0.2, 0) is 6.54 Å². The van der Waals surface area contributed by atoms with E-state index in [0.717, 1.165) is 31.4 Å². The number of hydrogen-bond acceptors (Lipinski definition) is 3. The van der Waals surface area contributed by atoms with Gasteiger partial charge in [-0.1, -0.05) is 35.9 Å². The number of thiazole rings is 1. The molecule has 0 aliphatic rings. The monoisotopic (exact) mass is 274 g/mol. The van der Waals surface area contributed by atoms with Crippen LogP contribution in [0, 0.1) is 0 Å². The number of benzene rings is 2. The molecular weight excluding hydrogens is 264 g/mol. The molecule has 18 heavy (non-hydrogen) atoms. The van der Waals surface area contributed by atoms with Crippen molar-refractivity contribution in [2.24, 2.45) is 5.73 Å². The molecule has 0 amide bonds. The molecule has 0 atom stereocenters. The summed E-state index contributed by atoms with van der Waals surface area (Å²) in [5.41, 5.74) is 8.70. The Hall–Kier alpha value is -1.42. The van der Waals surface area contributed by atoms with E-state index in [1.54, 1.807) is 11.3 Å². The predicted octanol–water partition coefficient (Wildman–Crippen LogP) is 4.08. The minimum absolute atomic E-state index is 0.537. The molecule has 2 nitrogen and oxygen atoms in total. The SMILES string of the molecule is NCc1ccc2sc(-c3ccccc3Cl)nc2c1. The lowest BCUT2D eigenvalue weighted by Gasteiger charge is -1.97. The van der Waals surface area contributed by atoms with E-state index in [0.29, 0.717) is 6.54 Å². The fourth-order valence-electron chi connectivity index (χ4n) is 1.85. The lowest BCUT2D eigenvalue weighted by Crippen LogP contribution is -1.94. The Kier molecular flexibility index (Phi) is 3.04. The molecule has 2 N–H and O–H groups in total. The summed E-state index contributed by atoms with van der Waals surface area (Å²) in [6.45, 7) is 0.537. The van der Waals surface area contributed by atoms with Crippen LogP contribution in [0.5, 0.6) is 0 Å². The van der Waals surface area contributed by atoms with Gasteiger partial charge in [-0.05, 0) is 23.8 Å². The highest BCUT2D eigenvalue weighted by Crippen LogP contribution is 2.34. The summed E-state index contributed by atoms with van der Waals surface area (Å²) in [7, 11) is 0. The zero-order chi connectivity index (χ0) is 12.5. The summed E-state index contributed by atoms with van der Waals surface area (Å²) < 4.78 is 1.15. The Morgan fingerprint density at radius 2 is 2.00 bits per heavy atom. The molecule has 0 radical (unpaired) electrons. The summed E-state index contributed by atoms with van der Waals surface area (Å²) in [5.74, 6) is 0. The Balaban J connectivity index is 2.17. The third-order valence-electron chi connectivity index (χ3n) is 2.79. The third-order valence-corrected chi connectivity index (χ3v) is 4.19. The van der Waals surface area contributed by atoms with Crippen molar-refractivity contribution in [2.45, 2.75) is 6.54 Å². The first-order valence-corrected chi connectivity index (χ1v) is 6.82.